The number of likely N-dealkylation sites (tertiary alicyclic amines) is 1. The second-order valence-corrected chi connectivity index (χ2v) is 5.57. The van der Waals surface area contributed by atoms with Crippen molar-refractivity contribution in [3.63, 3.8) is 0 Å². The van der Waals surface area contributed by atoms with Gasteiger partial charge in [0.2, 0.25) is 0 Å². The third-order valence-corrected chi connectivity index (χ3v) is 3.84. The van der Waals surface area contributed by atoms with E-state index in [-0.39, 0.29) is 0 Å². The molecule has 0 spiro atoms. The third kappa shape index (κ3) is 3.84. The molecular weight excluding hydrogens is 234 g/mol. The van der Waals surface area contributed by atoms with Crippen LogP contribution in [0.5, 0.6) is 5.75 Å². The number of hydrogen-bond donors (Lipinski definition) is 0. The summed E-state index contributed by atoms with van der Waals surface area (Å²) in [5.41, 5.74) is 2.66. The Hall–Kier alpha value is -1.28. The summed E-state index contributed by atoms with van der Waals surface area (Å²) in [7, 11) is 1.72. The van der Waals surface area contributed by atoms with Gasteiger partial charge in [0.15, 0.2) is 0 Å². The van der Waals surface area contributed by atoms with Gasteiger partial charge in [0, 0.05) is 12.6 Å². The van der Waals surface area contributed by atoms with Crippen LogP contribution in [-0.2, 0) is 0 Å². The van der Waals surface area contributed by atoms with Crippen molar-refractivity contribution in [1.29, 1.82) is 0 Å². The summed E-state index contributed by atoms with van der Waals surface area (Å²) in [5.74, 6) is 0.934. The fourth-order valence-corrected chi connectivity index (χ4v) is 2.91. The lowest BCUT2D eigenvalue weighted by molar-refractivity contribution is 0.219. The zero-order valence-electron chi connectivity index (χ0n) is 12.2. The van der Waals surface area contributed by atoms with Crippen LogP contribution in [0.4, 0.5) is 0 Å². The molecule has 1 aromatic rings. The van der Waals surface area contributed by atoms with E-state index in [1.54, 1.807) is 7.11 Å². The van der Waals surface area contributed by atoms with Gasteiger partial charge in [-0.05, 0) is 44.0 Å². The maximum absolute atomic E-state index is 5.24. The smallest absolute Gasteiger partial charge is 0.118 e. The molecule has 0 aliphatic carbocycles. The average molecular weight is 259 g/mol. The second kappa shape index (κ2) is 6.76. The maximum Gasteiger partial charge on any atom is 0.118 e. The van der Waals surface area contributed by atoms with E-state index in [0.29, 0.717) is 6.04 Å². The Labute approximate surface area is 117 Å². The molecule has 1 fully saturated rings. The zero-order chi connectivity index (χ0) is 13.7. The number of nitrogens with zero attached hydrogens (tertiary/aromatic N) is 1. The average Bonchev–Trinajstić information content (AvgIpc) is 2.64. The first-order valence-corrected chi connectivity index (χ1v) is 7.23. The van der Waals surface area contributed by atoms with Crippen LogP contribution >= 0.6 is 0 Å². The minimum Gasteiger partial charge on any atom is -0.497 e. The van der Waals surface area contributed by atoms with E-state index in [4.69, 9.17) is 4.74 Å². The summed E-state index contributed by atoms with van der Waals surface area (Å²) >= 11 is 0. The number of benzene rings is 1. The molecule has 104 valence electrons. The molecule has 0 radical (unpaired) electrons. The summed E-state index contributed by atoms with van der Waals surface area (Å²) < 4.78 is 5.24. The van der Waals surface area contributed by atoms with Gasteiger partial charge in [-0.15, -0.1) is 0 Å². The maximum atomic E-state index is 5.24. The van der Waals surface area contributed by atoms with Crippen molar-refractivity contribution in [2.75, 3.05) is 20.2 Å². The van der Waals surface area contributed by atoms with Gasteiger partial charge in [-0.1, -0.05) is 37.1 Å². The lowest BCUT2D eigenvalue weighted by Gasteiger charge is -2.30. The molecule has 2 nitrogen and oxygen atoms in total. The van der Waals surface area contributed by atoms with Crippen molar-refractivity contribution in [3.8, 4) is 5.75 Å². The molecule has 0 amide bonds. The Morgan fingerprint density at radius 2 is 2.00 bits per heavy atom. The molecule has 1 unspecified atom stereocenters. The fraction of sp³-hybridized carbons (Fsp3) is 0.529. The van der Waals surface area contributed by atoms with Crippen molar-refractivity contribution in [2.45, 2.75) is 38.6 Å². The van der Waals surface area contributed by atoms with E-state index >= 15 is 0 Å². The van der Waals surface area contributed by atoms with Crippen LogP contribution in [0, 0.1) is 0 Å². The van der Waals surface area contributed by atoms with Crippen LogP contribution in [0.1, 0.15) is 44.2 Å². The topological polar surface area (TPSA) is 12.5 Å². The zero-order valence-corrected chi connectivity index (χ0v) is 12.2. The molecular formula is C17H25NO. The molecule has 0 aromatic heterocycles. The normalized spacial score (nSPS) is 20.8. The van der Waals surface area contributed by atoms with E-state index < -0.39 is 0 Å². The third-order valence-electron chi connectivity index (χ3n) is 3.84. The summed E-state index contributed by atoms with van der Waals surface area (Å²) in [6, 6.07) is 9.09. The van der Waals surface area contributed by atoms with E-state index in [9.17, 15) is 0 Å². The lowest BCUT2D eigenvalue weighted by atomic mass is 10.0. The van der Waals surface area contributed by atoms with Crippen LogP contribution in [0.15, 0.2) is 36.4 Å². The molecule has 1 atom stereocenters. The first-order valence-electron chi connectivity index (χ1n) is 7.23. The predicted octanol–water partition coefficient (Wildman–Crippen LogP) is 4.19. The first kappa shape index (κ1) is 14.1. The molecule has 2 heteroatoms. The van der Waals surface area contributed by atoms with Gasteiger partial charge in [-0.3, -0.25) is 4.90 Å². The molecule has 1 aliphatic heterocycles. The highest BCUT2D eigenvalue weighted by atomic mass is 16.5. The molecule has 1 heterocycles. The number of hydrogen-bond acceptors (Lipinski definition) is 2. The fourth-order valence-electron chi connectivity index (χ4n) is 2.91. The Bertz CT molecular complexity index is 410. The highest BCUT2D eigenvalue weighted by molar-refractivity contribution is 5.29. The highest BCUT2D eigenvalue weighted by Crippen LogP contribution is 2.31. The minimum absolute atomic E-state index is 0.533. The molecule has 19 heavy (non-hydrogen) atoms. The Morgan fingerprint density at radius 3 is 2.63 bits per heavy atom. The molecule has 1 aromatic carbocycles. The Kier molecular flexibility index (Phi) is 5.03. The van der Waals surface area contributed by atoms with Crippen molar-refractivity contribution in [2.24, 2.45) is 0 Å². The van der Waals surface area contributed by atoms with Gasteiger partial charge < -0.3 is 4.74 Å². The van der Waals surface area contributed by atoms with Crippen LogP contribution < -0.4 is 4.74 Å². The standard InChI is InChI=1S/C17H25NO/c1-14(2)13-18-12-6-4-5-7-17(18)15-8-10-16(19-3)11-9-15/h8-11,17H,1,4-7,12-13H2,2-3H3. The number of rotatable bonds is 4. The quantitative estimate of drug-likeness (QED) is 0.752. The molecule has 0 saturated carbocycles. The lowest BCUT2D eigenvalue weighted by Crippen LogP contribution is -2.30. The van der Waals surface area contributed by atoms with Crippen molar-refractivity contribution in [3.05, 3.63) is 42.0 Å². The van der Waals surface area contributed by atoms with Gasteiger partial charge in [-0.25, -0.2) is 0 Å². The van der Waals surface area contributed by atoms with Crippen LogP contribution in [0.25, 0.3) is 0 Å². The molecule has 2 rings (SSSR count). The summed E-state index contributed by atoms with van der Waals surface area (Å²) in [6.45, 7) is 8.39. The summed E-state index contributed by atoms with van der Waals surface area (Å²) in [5, 5.41) is 0. The SMILES string of the molecule is C=C(C)CN1CCCCCC1c1ccc(OC)cc1. The molecule has 1 saturated heterocycles. The van der Waals surface area contributed by atoms with Gasteiger partial charge in [0.05, 0.1) is 7.11 Å². The second-order valence-electron chi connectivity index (χ2n) is 5.57. The van der Waals surface area contributed by atoms with Gasteiger partial charge >= 0.3 is 0 Å². The number of ether oxygens (including phenoxy) is 1. The van der Waals surface area contributed by atoms with E-state index in [1.807, 2.05) is 0 Å². The van der Waals surface area contributed by atoms with Crippen LogP contribution in [0.2, 0.25) is 0 Å². The predicted molar refractivity (Wildman–Crippen MR) is 80.6 cm³/mol. The number of methoxy groups -OCH3 is 1. The highest BCUT2D eigenvalue weighted by Gasteiger charge is 2.22. The van der Waals surface area contributed by atoms with Crippen molar-refractivity contribution in [1.82, 2.24) is 4.90 Å². The van der Waals surface area contributed by atoms with Gasteiger partial charge in [-0.2, -0.15) is 0 Å². The van der Waals surface area contributed by atoms with Crippen LogP contribution in [-0.4, -0.2) is 25.1 Å². The Morgan fingerprint density at radius 1 is 1.26 bits per heavy atom. The molecule has 0 bridgehead atoms. The van der Waals surface area contributed by atoms with E-state index in [0.717, 1.165) is 12.3 Å². The van der Waals surface area contributed by atoms with Gasteiger partial charge in [0.25, 0.3) is 0 Å². The van der Waals surface area contributed by atoms with E-state index in [2.05, 4.69) is 42.7 Å². The van der Waals surface area contributed by atoms with Gasteiger partial charge in [0.1, 0.15) is 5.75 Å². The monoisotopic (exact) mass is 259 g/mol. The molecule has 1 aliphatic rings. The van der Waals surface area contributed by atoms with Crippen molar-refractivity contribution < 1.29 is 4.74 Å². The van der Waals surface area contributed by atoms with Crippen molar-refractivity contribution >= 4 is 0 Å². The molecule has 0 N–H and O–H groups in total. The van der Waals surface area contributed by atoms with Crippen LogP contribution in [0.3, 0.4) is 0 Å². The first-order chi connectivity index (χ1) is 9.20. The minimum atomic E-state index is 0.533. The summed E-state index contributed by atoms with van der Waals surface area (Å²) in [6.07, 6.45) is 5.22. The largest absolute Gasteiger partial charge is 0.497 e. The Balaban J connectivity index is 2.17. The van der Waals surface area contributed by atoms with E-state index in [1.165, 1.54) is 43.4 Å². The summed E-state index contributed by atoms with van der Waals surface area (Å²) in [4.78, 5) is 2.58.